The number of nitrogen functional groups attached to an aromatic ring is 1. The van der Waals surface area contributed by atoms with E-state index in [0.717, 1.165) is 17.0 Å². The Kier molecular flexibility index (Phi) is 5.00. The highest BCUT2D eigenvalue weighted by molar-refractivity contribution is 5.63. The Morgan fingerprint density at radius 1 is 1.24 bits per heavy atom. The van der Waals surface area contributed by atoms with E-state index in [4.69, 9.17) is 15.2 Å². The third kappa shape index (κ3) is 3.44. The second kappa shape index (κ2) is 6.95. The number of benzene rings is 1. The molecule has 0 radical (unpaired) electrons. The number of hydrogen-bond donors (Lipinski definition) is 1. The molecule has 0 saturated heterocycles. The second-order valence-corrected chi connectivity index (χ2v) is 4.58. The molecule has 2 N–H and O–H groups in total. The van der Waals surface area contributed by atoms with Crippen LogP contribution in [0.3, 0.4) is 0 Å². The minimum Gasteiger partial charge on any atom is -0.494 e. The van der Waals surface area contributed by atoms with Crippen LogP contribution in [0.5, 0.6) is 5.75 Å². The number of pyridine rings is 1. The van der Waals surface area contributed by atoms with Crippen LogP contribution < -0.4 is 16.0 Å². The molecule has 0 amide bonds. The number of aromatic nitrogens is 1. The number of nitrogens with zero attached hydrogens (tertiary/aromatic N) is 1. The van der Waals surface area contributed by atoms with Crippen LogP contribution >= 0.6 is 0 Å². The highest BCUT2D eigenvalue weighted by atomic mass is 16.5. The van der Waals surface area contributed by atoms with Crippen molar-refractivity contribution in [3.05, 3.63) is 46.8 Å². The van der Waals surface area contributed by atoms with Crippen molar-refractivity contribution in [3.8, 4) is 17.0 Å². The number of nitrogens with two attached hydrogens (primary N) is 1. The summed E-state index contributed by atoms with van der Waals surface area (Å²) in [7, 11) is 1.60. The fourth-order valence-electron chi connectivity index (χ4n) is 2.16. The zero-order valence-electron chi connectivity index (χ0n) is 12.3. The average Bonchev–Trinajstić information content (AvgIpc) is 2.49. The van der Waals surface area contributed by atoms with Gasteiger partial charge in [-0.25, -0.2) is 0 Å². The minimum absolute atomic E-state index is 0.202. The predicted octanol–water partition coefficient (Wildman–Crippen LogP) is 2.14. The van der Waals surface area contributed by atoms with Crippen molar-refractivity contribution in [3.63, 3.8) is 0 Å². The van der Waals surface area contributed by atoms with Crippen molar-refractivity contribution in [2.45, 2.75) is 13.5 Å². The van der Waals surface area contributed by atoms with Gasteiger partial charge in [-0.05, 0) is 31.2 Å². The Bertz CT molecular complexity index is 665. The van der Waals surface area contributed by atoms with Gasteiger partial charge < -0.3 is 19.8 Å². The molecular weight excluding hydrogens is 268 g/mol. The van der Waals surface area contributed by atoms with Gasteiger partial charge in [0.15, 0.2) is 0 Å². The van der Waals surface area contributed by atoms with Crippen molar-refractivity contribution >= 4 is 5.69 Å². The van der Waals surface area contributed by atoms with Gasteiger partial charge in [-0.1, -0.05) is 12.1 Å². The molecule has 0 bridgehead atoms. The first-order valence-corrected chi connectivity index (χ1v) is 6.89. The van der Waals surface area contributed by atoms with E-state index in [2.05, 4.69) is 0 Å². The van der Waals surface area contributed by atoms with Gasteiger partial charge in [0, 0.05) is 19.2 Å². The Labute approximate surface area is 123 Å². The molecule has 2 aromatic rings. The van der Waals surface area contributed by atoms with E-state index in [9.17, 15) is 4.79 Å². The number of methoxy groups -OCH3 is 1. The largest absolute Gasteiger partial charge is 0.494 e. The van der Waals surface area contributed by atoms with E-state index in [1.54, 1.807) is 17.7 Å². The molecule has 0 aliphatic rings. The fourth-order valence-corrected chi connectivity index (χ4v) is 2.16. The average molecular weight is 288 g/mol. The molecule has 0 saturated carbocycles. The van der Waals surface area contributed by atoms with E-state index < -0.39 is 0 Å². The molecule has 1 aromatic carbocycles. The quantitative estimate of drug-likeness (QED) is 0.884. The Morgan fingerprint density at radius 3 is 2.76 bits per heavy atom. The van der Waals surface area contributed by atoms with Crippen LogP contribution in [-0.2, 0) is 11.3 Å². The smallest absolute Gasteiger partial charge is 0.274 e. The molecule has 112 valence electrons. The maximum Gasteiger partial charge on any atom is 0.274 e. The SMILES string of the molecule is CCOc1cccc(-c2ccc(N)c(=O)n2CCOC)c1. The second-order valence-electron chi connectivity index (χ2n) is 4.58. The maximum atomic E-state index is 12.2. The van der Waals surface area contributed by atoms with Crippen molar-refractivity contribution in [1.82, 2.24) is 4.57 Å². The van der Waals surface area contributed by atoms with Crippen LogP contribution in [0.1, 0.15) is 6.92 Å². The number of ether oxygens (including phenoxy) is 2. The van der Waals surface area contributed by atoms with Gasteiger partial charge >= 0.3 is 0 Å². The normalized spacial score (nSPS) is 10.6. The van der Waals surface area contributed by atoms with Crippen molar-refractivity contribution in [2.75, 3.05) is 26.1 Å². The molecule has 0 spiro atoms. The van der Waals surface area contributed by atoms with Crippen molar-refractivity contribution in [2.24, 2.45) is 0 Å². The van der Waals surface area contributed by atoms with Crippen LogP contribution in [-0.4, -0.2) is 24.9 Å². The molecule has 0 atom stereocenters. The monoisotopic (exact) mass is 288 g/mol. The van der Waals surface area contributed by atoms with Gasteiger partial charge in [-0.15, -0.1) is 0 Å². The molecule has 0 fully saturated rings. The summed E-state index contributed by atoms with van der Waals surface area (Å²) in [6, 6.07) is 11.1. The highest BCUT2D eigenvalue weighted by Gasteiger charge is 2.09. The molecule has 2 rings (SSSR count). The molecule has 0 aliphatic heterocycles. The highest BCUT2D eigenvalue weighted by Crippen LogP contribution is 2.23. The van der Waals surface area contributed by atoms with Crippen LogP contribution in [0.15, 0.2) is 41.2 Å². The molecule has 1 heterocycles. The summed E-state index contributed by atoms with van der Waals surface area (Å²) in [5, 5.41) is 0. The number of hydrogen-bond acceptors (Lipinski definition) is 4. The Hall–Kier alpha value is -2.27. The molecule has 5 heteroatoms. The number of anilines is 1. The summed E-state index contributed by atoms with van der Waals surface area (Å²) >= 11 is 0. The van der Waals surface area contributed by atoms with Gasteiger partial charge in [0.05, 0.1) is 24.6 Å². The topological polar surface area (TPSA) is 66.5 Å². The van der Waals surface area contributed by atoms with E-state index in [0.29, 0.717) is 19.8 Å². The van der Waals surface area contributed by atoms with Crippen molar-refractivity contribution < 1.29 is 9.47 Å². The van der Waals surface area contributed by atoms with Gasteiger partial charge in [-0.3, -0.25) is 4.79 Å². The minimum atomic E-state index is -0.202. The molecule has 21 heavy (non-hydrogen) atoms. The summed E-state index contributed by atoms with van der Waals surface area (Å²) in [6.07, 6.45) is 0. The summed E-state index contributed by atoms with van der Waals surface area (Å²) < 4.78 is 12.2. The zero-order valence-corrected chi connectivity index (χ0v) is 12.3. The van der Waals surface area contributed by atoms with Crippen LogP contribution in [0.2, 0.25) is 0 Å². The van der Waals surface area contributed by atoms with E-state index >= 15 is 0 Å². The first kappa shape index (κ1) is 15.1. The standard InChI is InChI=1S/C16H20N2O3/c1-3-21-13-6-4-5-12(11-13)15-8-7-14(17)16(19)18(15)9-10-20-2/h4-8,11H,3,9-10,17H2,1-2H3. The van der Waals surface area contributed by atoms with E-state index in [1.165, 1.54) is 0 Å². The maximum absolute atomic E-state index is 12.2. The summed E-state index contributed by atoms with van der Waals surface area (Å²) in [4.78, 5) is 12.2. The lowest BCUT2D eigenvalue weighted by Crippen LogP contribution is -2.25. The lowest BCUT2D eigenvalue weighted by atomic mass is 10.1. The molecule has 0 unspecified atom stereocenters. The zero-order chi connectivity index (χ0) is 15.2. The van der Waals surface area contributed by atoms with Crippen LogP contribution in [0.25, 0.3) is 11.3 Å². The Balaban J connectivity index is 2.49. The molecule has 0 aliphatic carbocycles. The van der Waals surface area contributed by atoms with Gasteiger partial charge in [0.2, 0.25) is 0 Å². The summed E-state index contributed by atoms with van der Waals surface area (Å²) in [5.74, 6) is 0.776. The lowest BCUT2D eigenvalue weighted by molar-refractivity contribution is 0.186. The first-order chi connectivity index (χ1) is 10.2. The predicted molar refractivity (Wildman–Crippen MR) is 83.6 cm³/mol. The van der Waals surface area contributed by atoms with Gasteiger partial charge in [0.1, 0.15) is 5.75 Å². The third-order valence-electron chi connectivity index (χ3n) is 3.16. The van der Waals surface area contributed by atoms with E-state index in [1.807, 2.05) is 37.3 Å². The first-order valence-electron chi connectivity index (χ1n) is 6.89. The van der Waals surface area contributed by atoms with Crippen molar-refractivity contribution in [1.29, 1.82) is 0 Å². The molecule has 1 aromatic heterocycles. The van der Waals surface area contributed by atoms with Gasteiger partial charge in [-0.2, -0.15) is 0 Å². The number of rotatable bonds is 6. The van der Waals surface area contributed by atoms with Crippen LogP contribution in [0, 0.1) is 0 Å². The summed E-state index contributed by atoms with van der Waals surface area (Å²) in [5.41, 5.74) is 7.46. The van der Waals surface area contributed by atoms with Gasteiger partial charge in [0.25, 0.3) is 5.56 Å². The Morgan fingerprint density at radius 2 is 2.05 bits per heavy atom. The van der Waals surface area contributed by atoms with Crippen LogP contribution in [0.4, 0.5) is 5.69 Å². The fraction of sp³-hybridized carbons (Fsp3) is 0.312. The lowest BCUT2D eigenvalue weighted by Gasteiger charge is -2.14. The molecule has 5 nitrogen and oxygen atoms in total. The summed E-state index contributed by atoms with van der Waals surface area (Å²) in [6.45, 7) is 3.43. The third-order valence-corrected chi connectivity index (χ3v) is 3.16. The molecular formula is C16H20N2O3. The van der Waals surface area contributed by atoms with E-state index in [-0.39, 0.29) is 11.2 Å².